The van der Waals surface area contributed by atoms with Gasteiger partial charge in [-0.15, -0.1) is 0 Å². The van der Waals surface area contributed by atoms with Gasteiger partial charge in [-0.1, -0.05) is 22.9 Å². The zero-order valence-electron chi connectivity index (χ0n) is 11.7. The van der Waals surface area contributed by atoms with E-state index in [0.717, 1.165) is 4.47 Å². The fourth-order valence-electron chi connectivity index (χ4n) is 2.86. The second-order valence-electron chi connectivity index (χ2n) is 5.35. The normalized spacial score (nSPS) is 22.1. The maximum absolute atomic E-state index is 11.6. The van der Waals surface area contributed by atoms with E-state index in [2.05, 4.69) is 15.9 Å². The average molecular weight is 357 g/mol. The second-order valence-corrected chi connectivity index (χ2v) is 6.27. The number of halogens is 1. The van der Waals surface area contributed by atoms with Crippen LogP contribution in [0.2, 0.25) is 0 Å². The van der Waals surface area contributed by atoms with Crippen LogP contribution in [-0.4, -0.2) is 29.1 Å². The van der Waals surface area contributed by atoms with Crippen molar-refractivity contribution < 1.29 is 14.8 Å². The molecule has 1 aliphatic rings. The van der Waals surface area contributed by atoms with E-state index in [0.29, 0.717) is 38.0 Å². The van der Waals surface area contributed by atoms with Gasteiger partial charge in [-0.3, -0.25) is 14.9 Å². The number of nitrogens with zero attached hydrogens (tertiary/aromatic N) is 2. The van der Waals surface area contributed by atoms with Crippen LogP contribution < -0.4 is 4.90 Å². The first kappa shape index (κ1) is 15.8. The lowest BCUT2D eigenvalue weighted by atomic mass is 9.77. The molecule has 0 bridgehead atoms. The summed E-state index contributed by atoms with van der Waals surface area (Å²) < 4.78 is 0.742. The number of hydrogen-bond donors (Lipinski definition) is 1. The number of nitro groups is 1. The molecule has 0 spiro atoms. The molecule has 0 saturated carbocycles. The van der Waals surface area contributed by atoms with E-state index >= 15 is 0 Å². The molecule has 21 heavy (non-hydrogen) atoms. The lowest BCUT2D eigenvalue weighted by Crippen LogP contribution is -2.47. The average Bonchev–Trinajstić information content (AvgIpc) is 2.46. The number of nitro benzene ring substituents is 1. The summed E-state index contributed by atoms with van der Waals surface area (Å²) in [7, 11) is 0. The van der Waals surface area contributed by atoms with Crippen molar-refractivity contribution in [2.24, 2.45) is 5.41 Å². The van der Waals surface area contributed by atoms with Crippen molar-refractivity contribution >= 4 is 33.3 Å². The third-order valence-corrected chi connectivity index (χ3v) is 4.68. The number of anilines is 1. The van der Waals surface area contributed by atoms with Crippen LogP contribution in [0.4, 0.5) is 11.4 Å². The first-order valence-corrected chi connectivity index (χ1v) is 7.61. The highest BCUT2D eigenvalue weighted by atomic mass is 79.9. The molecule has 1 aliphatic heterocycles. The third kappa shape index (κ3) is 3.02. The summed E-state index contributed by atoms with van der Waals surface area (Å²) in [6, 6.07) is 4.75. The molecule has 6 nitrogen and oxygen atoms in total. The van der Waals surface area contributed by atoms with Crippen molar-refractivity contribution in [3.8, 4) is 0 Å². The van der Waals surface area contributed by atoms with E-state index < -0.39 is 16.3 Å². The number of carboxylic acid groups (broad SMARTS) is 1. The van der Waals surface area contributed by atoms with Crippen LogP contribution in [0.5, 0.6) is 0 Å². The first-order chi connectivity index (χ1) is 9.89. The molecule has 1 N–H and O–H groups in total. The van der Waals surface area contributed by atoms with E-state index in [4.69, 9.17) is 0 Å². The molecule has 1 atom stereocenters. The van der Waals surface area contributed by atoms with Crippen molar-refractivity contribution in [1.82, 2.24) is 0 Å². The summed E-state index contributed by atoms with van der Waals surface area (Å²) in [6.07, 6.45) is 1.83. The van der Waals surface area contributed by atoms with Gasteiger partial charge in [0, 0.05) is 23.6 Å². The summed E-state index contributed by atoms with van der Waals surface area (Å²) in [5, 5.41) is 20.7. The Morgan fingerprint density at radius 3 is 2.86 bits per heavy atom. The van der Waals surface area contributed by atoms with Gasteiger partial charge >= 0.3 is 5.97 Å². The molecule has 1 saturated heterocycles. The molecule has 1 aromatic carbocycles. The van der Waals surface area contributed by atoms with E-state index in [-0.39, 0.29) is 5.69 Å². The topological polar surface area (TPSA) is 83.7 Å². The summed E-state index contributed by atoms with van der Waals surface area (Å²) >= 11 is 3.32. The van der Waals surface area contributed by atoms with Crippen LogP contribution in [0.3, 0.4) is 0 Å². The van der Waals surface area contributed by atoms with Crippen molar-refractivity contribution in [1.29, 1.82) is 0 Å². The molecule has 114 valence electrons. The summed E-state index contributed by atoms with van der Waals surface area (Å²) in [6.45, 7) is 2.79. The monoisotopic (exact) mass is 356 g/mol. The lowest BCUT2D eigenvalue weighted by Gasteiger charge is -2.40. The highest BCUT2D eigenvalue weighted by Gasteiger charge is 2.42. The van der Waals surface area contributed by atoms with Gasteiger partial charge in [0.05, 0.1) is 10.3 Å². The molecule has 7 heteroatoms. The minimum Gasteiger partial charge on any atom is -0.481 e. The second kappa shape index (κ2) is 6.01. The Morgan fingerprint density at radius 1 is 1.57 bits per heavy atom. The van der Waals surface area contributed by atoms with Gasteiger partial charge in [0.25, 0.3) is 5.69 Å². The molecule has 0 amide bonds. The number of hydrogen-bond acceptors (Lipinski definition) is 4. The Balaban J connectivity index is 2.40. The zero-order valence-corrected chi connectivity index (χ0v) is 13.3. The number of aliphatic carboxylic acids is 1. The summed E-state index contributed by atoms with van der Waals surface area (Å²) in [5.41, 5.74) is -0.335. The zero-order chi connectivity index (χ0) is 15.6. The minimum atomic E-state index is -0.827. The Labute approximate surface area is 131 Å². The van der Waals surface area contributed by atoms with Gasteiger partial charge in [-0.25, -0.2) is 0 Å². The van der Waals surface area contributed by atoms with Gasteiger partial charge in [0.2, 0.25) is 0 Å². The first-order valence-electron chi connectivity index (χ1n) is 6.82. The van der Waals surface area contributed by atoms with Crippen molar-refractivity contribution in [2.45, 2.75) is 26.2 Å². The molecule has 1 fully saturated rings. The van der Waals surface area contributed by atoms with Gasteiger partial charge in [0.1, 0.15) is 5.69 Å². The van der Waals surface area contributed by atoms with Crippen LogP contribution in [0.1, 0.15) is 26.2 Å². The van der Waals surface area contributed by atoms with Crippen molar-refractivity contribution in [3.63, 3.8) is 0 Å². The highest BCUT2D eigenvalue weighted by molar-refractivity contribution is 9.10. The minimum absolute atomic E-state index is 0.00971. The molecule has 1 unspecified atom stereocenters. The van der Waals surface area contributed by atoms with Crippen LogP contribution in [0.25, 0.3) is 0 Å². The number of rotatable bonds is 4. The Bertz CT molecular complexity index is 578. The molecule has 0 radical (unpaired) electrons. The fraction of sp³-hybridized carbons (Fsp3) is 0.500. The fourth-order valence-corrected chi connectivity index (χ4v) is 3.21. The van der Waals surface area contributed by atoms with Crippen LogP contribution >= 0.6 is 15.9 Å². The predicted octanol–water partition coefficient (Wildman–Crippen LogP) is 3.44. The SMILES string of the molecule is CCC1(C(=O)O)CCCN(c2cc(Br)ccc2[N+](=O)[O-])C1. The molecular formula is C14H17BrN2O4. The quantitative estimate of drug-likeness (QED) is 0.659. The molecule has 0 aromatic heterocycles. The largest absolute Gasteiger partial charge is 0.481 e. The highest BCUT2D eigenvalue weighted by Crippen LogP contribution is 2.39. The summed E-state index contributed by atoms with van der Waals surface area (Å²) in [5.74, 6) is -0.827. The number of carbonyl (C=O) groups is 1. The van der Waals surface area contributed by atoms with Crippen molar-refractivity contribution in [3.05, 3.63) is 32.8 Å². The molecule has 2 rings (SSSR count). The molecule has 1 heterocycles. The van der Waals surface area contributed by atoms with Crippen LogP contribution in [0.15, 0.2) is 22.7 Å². The smallest absolute Gasteiger partial charge is 0.311 e. The van der Waals surface area contributed by atoms with Gasteiger partial charge in [-0.05, 0) is 31.4 Å². The summed E-state index contributed by atoms with van der Waals surface area (Å²) in [4.78, 5) is 24.2. The molecule has 0 aliphatic carbocycles. The van der Waals surface area contributed by atoms with Gasteiger partial charge in [0.15, 0.2) is 0 Å². The number of benzene rings is 1. The lowest BCUT2D eigenvalue weighted by molar-refractivity contribution is -0.384. The standard InChI is InChI=1S/C14H17BrN2O4/c1-2-14(13(18)19)6-3-7-16(9-14)12-8-10(15)4-5-11(12)17(20)21/h4-5,8H,2-3,6-7,9H2,1H3,(H,18,19). The maximum Gasteiger partial charge on any atom is 0.311 e. The van der Waals surface area contributed by atoms with Gasteiger partial charge in [-0.2, -0.15) is 0 Å². The number of carboxylic acids is 1. The van der Waals surface area contributed by atoms with E-state index in [1.807, 2.05) is 11.8 Å². The third-order valence-electron chi connectivity index (χ3n) is 4.18. The Kier molecular flexibility index (Phi) is 4.51. The van der Waals surface area contributed by atoms with Crippen molar-refractivity contribution in [2.75, 3.05) is 18.0 Å². The predicted molar refractivity (Wildman–Crippen MR) is 82.6 cm³/mol. The number of piperidine rings is 1. The van der Waals surface area contributed by atoms with Gasteiger partial charge < -0.3 is 10.0 Å². The Morgan fingerprint density at radius 2 is 2.29 bits per heavy atom. The van der Waals surface area contributed by atoms with Crippen LogP contribution in [-0.2, 0) is 4.79 Å². The van der Waals surface area contributed by atoms with E-state index in [1.165, 1.54) is 6.07 Å². The van der Waals surface area contributed by atoms with E-state index in [9.17, 15) is 20.0 Å². The maximum atomic E-state index is 11.6. The van der Waals surface area contributed by atoms with Crippen LogP contribution in [0, 0.1) is 15.5 Å². The van der Waals surface area contributed by atoms with E-state index in [1.54, 1.807) is 12.1 Å². The molecular weight excluding hydrogens is 340 g/mol. The molecule has 1 aromatic rings. The Hall–Kier alpha value is -1.63.